The average Bonchev–Trinajstić information content (AvgIpc) is 3.16. The highest BCUT2D eigenvalue weighted by atomic mass is 16.6. The molecule has 9 nitrogen and oxygen atoms in total. The predicted molar refractivity (Wildman–Crippen MR) is 117 cm³/mol. The van der Waals surface area contributed by atoms with Crippen LogP contribution in [-0.4, -0.2) is 52.9 Å². The molecule has 1 saturated heterocycles. The number of non-ortho nitro benzene ring substituents is 1. The van der Waals surface area contributed by atoms with Gasteiger partial charge in [-0.15, -0.1) is 0 Å². The van der Waals surface area contributed by atoms with Gasteiger partial charge in [-0.2, -0.15) is 0 Å². The molecular weight excluding hydrogens is 384 g/mol. The van der Waals surface area contributed by atoms with Gasteiger partial charge in [-0.25, -0.2) is 4.98 Å². The first kappa shape index (κ1) is 19.7. The lowest BCUT2D eigenvalue weighted by Crippen LogP contribution is -2.54. The van der Waals surface area contributed by atoms with E-state index in [9.17, 15) is 14.9 Å². The van der Waals surface area contributed by atoms with E-state index in [1.165, 1.54) is 6.07 Å². The standard InChI is InChI=1S/C21H24N6O3/c1-14(2)23-19-4-3-7-22-21(19)25-8-9-26(17(12-25)13-28)20-11-15-10-16(27(29)30)5-6-18(15)24-20/h3-7,10-11,13-14,17,23-24H,8-9,12H2,1-2H3. The number of nitrogens with one attached hydrogen (secondary N) is 2. The van der Waals surface area contributed by atoms with E-state index >= 15 is 0 Å². The quantitative estimate of drug-likeness (QED) is 0.366. The molecule has 156 valence electrons. The molecule has 9 heteroatoms. The van der Waals surface area contributed by atoms with Crippen LogP contribution in [0, 0.1) is 10.1 Å². The summed E-state index contributed by atoms with van der Waals surface area (Å²) in [6.45, 7) is 5.97. The van der Waals surface area contributed by atoms with Gasteiger partial charge in [0.2, 0.25) is 0 Å². The zero-order valence-electron chi connectivity index (χ0n) is 16.9. The summed E-state index contributed by atoms with van der Waals surface area (Å²) in [6.07, 6.45) is 2.70. The van der Waals surface area contributed by atoms with Gasteiger partial charge in [0.1, 0.15) is 18.1 Å². The van der Waals surface area contributed by atoms with Crippen LogP contribution in [-0.2, 0) is 4.79 Å². The van der Waals surface area contributed by atoms with Gasteiger partial charge in [-0.05, 0) is 38.1 Å². The van der Waals surface area contributed by atoms with Crippen LogP contribution in [0.1, 0.15) is 13.8 Å². The molecule has 1 fully saturated rings. The summed E-state index contributed by atoms with van der Waals surface area (Å²) in [5, 5.41) is 15.2. The van der Waals surface area contributed by atoms with Crippen LogP contribution >= 0.6 is 0 Å². The minimum atomic E-state index is -0.408. The van der Waals surface area contributed by atoms with Crippen LogP contribution < -0.4 is 15.1 Å². The SMILES string of the molecule is CC(C)Nc1cccnc1N1CCN(c2cc3cc([N+](=O)[O-])ccc3[nH]2)C(C=O)C1. The lowest BCUT2D eigenvalue weighted by Gasteiger charge is -2.40. The average molecular weight is 408 g/mol. The number of nitro benzene ring substituents is 1. The fraction of sp³-hybridized carbons (Fsp3) is 0.333. The van der Waals surface area contributed by atoms with Crippen molar-refractivity contribution in [2.24, 2.45) is 0 Å². The molecule has 0 spiro atoms. The molecule has 2 aromatic heterocycles. The lowest BCUT2D eigenvalue weighted by molar-refractivity contribution is -0.384. The third-order valence-corrected chi connectivity index (χ3v) is 5.22. The van der Waals surface area contributed by atoms with Gasteiger partial charge in [0.25, 0.3) is 5.69 Å². The van der Waals surface area contributed by atoms with Crippen molar-refractivity contribution >= 4 is 40.2 Å². The topological polar surface area (TPSA) is 107 Å². The predicted octanol–water partition coefficient (Wildman–Crippen LogP) is 3.19. The van der Waals surface area contributed by atoms with Crippen LogP contribution in [0.2, 0.25) is 0 Å². The van der Waals surface area contributed by atoms with Crippen LogP contribution in [0.25, 0.3) is 10.9 Å². The molecule has 1 aliphatic rings. The first-order chi connectivity index (χ1) is 14.5. The summed E-state index contributed by atoms with van der Waals surface area (Å²) in [5.74, 6) is 1.62. The van der Waals surface area contributed by atoms with Crippen molar-refractivity contribution in [2.45, 2.75) is 25.9 Å². The maximum atomic E-state index is 11.9. The van der Waals surface area contributed by atoms with E-state index in [0.717, 1.165) is 34.5 Å². The monoisotopic (exact) mass is 408 g/mol. The maximum Gasteiger partial charge on any atom is 0.270 e. The van der Waals surface area contributed by atoms with Crippen LogP contribution in [0.4, 0.5) is 23.0 Å². The molecule has 0 saturated carbocycles. The summed E-state index contributed by atoms with van der Waals surface area (Å²) in [7, 11) is 0. The highest BCUT2D eigenvalue weighted by Crippen LogP contribution is 2.30. The summed E-state index contributed by atoms with van der Waals surface area (Å²) < 4.78 is 0. The van der Waals surface area contributed by atoms with Gasteiger partial charge in [0.05, 0.1) is 10.6 Å². The van der Waals surface area contributed by atoms with Gasteiger partial charge in [0, 0.05) is 54.9 Å². The van der Waals surface area contributed by atoms with Gasteiger partial charge in [0.15, 0.2) is 5.82 Å². The molecule has 0 amide bonds. The Kier molecular flexibility index (Phi) is 5.26. The van der Waals surface area contributed by atoms with E-state index in [1.807, 2.05) is 23.1 Å². The number of anilines is 3. The van der Waals surface area contributed by atoms with Crippen LogP contribution in [0.3, 0.4) is 0 Å². The Balaban J connectivity index is 1.58. The summed E-state index contributed by atoms with van der Waals surface area (Å²) >= 11 is 0. The van der Waals surface area contributed by atoms with Crippen molar-refractivity contribution in [1.29, 1.82) is 0 Å². The van der Waals surface area contributed by atoms with E-state index in [4.69, 9.17) is 0 Å². The second kappa shape index (κ2) is 8.02. The van der Waals surface area contributed by atoms with E-state index in [-0.39, 0.29) is 17.8 Å². The number of carbonyl (C=O) groups is 1. The zero-order chi connectivity index (χ0) is 21.3. The largest absolute Gasteiger partial charge is 0.380 e. The minimum absolute atomic E-state index is 0.0464. The van der Waals surface area contributed by atoms with E-state index in [0.29, 0.717) is 19.6 Å². The molecule has 2 N–H and O–H groups in total. The molecule has 0 radical (unpaired) electrons. The molecule has 3 heterocycles. The van der Waals surface area contributed by atoms with Crippen molar-refractivity contribution in [1.82, 2.24) is 9.97 Å². The highest BCUT2D eigenvalue weighted by Gasteiger charge is 2.29. The van der Waals surface area contributed by atoms with Gasteiger partial charge >= 0.3 is 0 Å². The molecular formula is C21H24N6O3. The number of nitrogens with zero attached hydrogens (tertiary/aromatic N) is 4. The van der Waals surface area contributed by atoms with Gasteiger partial charge in [-0.1, -0.05) is 0 Å². The molecule has 30 heavy (non-hydrogen) atoms. The van der Waals surface area contributed by atoms with Crippen molar-refractivity contribution in [3.05, 3.63) is 52.7 Å². The number of aromatic amines is 1. The van der Waals surface area contributed by atoms with E-state index in [1.54, 1.807) is 18.3 Å². The van der Waals surface area contributed by atoms with Crippen molar-refractivity contribution in [3.8, 4) is 0 Å². The summed E-state index contributed by atoms with van der Waals surface area (Å²) in [6, 6.07) is 10.4. The maximum absolute atomic E-state index is 11.9. The second-order valence-electron chi connectivity index (χ2n) is 7.70. The molecule has 3 aromatic rings. The number of H-pyrrole nitrogens is 1. The lowest BCUT2D eigenvalue weighted by atomic mass is 10.1. The molecule has 1 aliphatic heterocycles. The Bertz CT molecular complexity index is 1080. The fourth-order valence-corrected chi connectivity index (χ4v) is 3.86. The van der Waals surface area contributed by atoms with Gasteiger partial charge in [-0.3, -0.25) is 10.1 Å². The molecule has 0 aliphatic carbocycles. The molecule has 1 unspecified atom stereocenters. The third kappa shape index (κ3) is 3.78. The van der Waals surface area contributed by atoms with Crippen LogP contribution in [0.15, 0.2) is 42.6 Å². The van der Waals surface area contributed by atoms with Gasteiger partial charge < -0.3 is 24.9 Å². The summed E-state index contributed by atoms with van der Waals surface area (Å²) in [4.78, 5) is 34.5. The number of carbonyl (C=O) groups excluding carboxylic acids is 1. The molecule has 1 aromatic carbocycles. The molecule has 4 rings (SSSR count). The number of piperazine rings is 1. The first-order valence-corrected chi connectivity index (χ1v) is 9.92. The summed E-state index contributed by atoms with van der Waals surface area (Å²) in [5.41, 5.74) is 1.80. The number of aromatic nitrogens is 2. The second-order valence-corrected chi connectivity index (χ2v) is 7.70. The normalized spacial score (nSPS) is 16.8. The highest BCUT2D eigenvalue weighted by molar-refractivity contribution is 5.87. The number of hydrogen-bond acceptors (Lipinski definition) is 7. The first-order valence-electron chi connectivity index (χ1n) is 9.92. The molecule has 0 bridgehead atoms. The van der Waals surface area contributed by atoms with E-state index < -0.39 is 4.92 Å². The Morgan fingerprint density at radius 3 is 2.87 bits per heavy atom. The third-order valence-electron chi connectivity index (χ3n) is 5.22. The Hall–Kier alpha value is -3.62. The Morgan fingerprint density at radius 1 is 1.30 bits per heavy atom. The smallest absolute Gasteiger partial charge is 0.270 e. The number of pyridine rings is 1. The molecule has 1 atom stereocenters. The van der Waals surface area contributed by atoms with Crippen LogP contribution in [0.5, 0.6) is 0 Å². The Labute approximate surface area is 173 Å². The number of aldehydes is 1. The van der Waals surface area contributed by atoms with Crippen molar-refractivity contribution in [3.63, 3.8) is 0 Å². The number of nitro groups is 1. The van der Waals surface area contributed by atoms with E-state index in [2.05, 4.69) is 34.0 Å². The number of benzene rings is 1. The van der Waals surface area contributed by atoms with Crippen molar-refractivity contribution < 1.29 is 9.72 Å². The Morgan fingerprint density at radius 2 is 2.13 bits per heavy atom. The zero-order valence-corrected chi connectivity index (χ0v) is 16.9. The minimum Gasteiger partial charge on any atom is -0.380 e. The number of hydrogen-bond donors (Lipinski definition) is 2. The fourth-order valence-electron chi connectivity index (χ4n) is 3.86. The van der Waals surface area contributed by atoms with Crippen molar-refractivity contribution in [2.75, 3.05) is 34.8 Å². The number of fused-ring (bicyclic) bond motifs is 1. The number of rotatable bonds is 6.